The summed E-state index contributed by atoms with van der Waals surface area (Å²) in [4.78, 5) is 14.0. The van der Waals surface area contributed by atoms with E-state index in [1.165, 1.54) is 36.6 Å². The van der Waals surface area contributed by atoms with Gasteiger partial charge in [0.25, 0.3) is 0 Å². The van der Waals surface area contributed by atoms with Gasteiger partial charge in [0.2, 0.25) is 5.91 Å². The molecule has 4 heteroatoms. The van der Waals surface area contributed by atoms with Crippen LogP contribution in [0.4, 0.5) is 0 Å². The average molecular weight is 335 g/mol. The first-order valence-electron chi connectivity index (χ1n) is 8.54. The minimum absolute atomic E-state index is 0.0208. The number of halogens is 1. The minimum atomic E-state index is 0.0208. The van der Waals surface area contributed by atoms with Crippen molar-refractivity contribution in [3.8, 4) is 0 Å². The smallest absolute Gasteiger partial charge is 0.237 e. The van der Waals surface area contributed by atoms with E-state index in [9.17, 15) is 4.79 Å². The van der Waals surface area contributed by atoms with Gasteiger partial charge in [0, 0.05) is 24.8 Å². The molecule has 1 amide bonds. The van der Waals surface area contributed by atoms with Crippen LogP contribution >= 0.6 is 11.6 Å². The molecular weight excluding hydrogens is 308 g/mol. The molecule has 2 rings (SSSR count). The summed E-state index contributed by atoms with van der Waals surface area (Å²) in [5, 5.41) is 1.21. The molecule has 1 heterocycles. The molecule has 0 unspecified atom stereocenters. The largest absolute Gasteiger partial charge is 0.346 e. The molecule has 23 heavy (non-hydrogen) atoms. The zero-order valence-corrected chi connectivity index (χ0v) is 15.0. The molecule has 0 aliphatic rings. The molecule has 0 N–H and O–H groups in total. The Labute approximate surface area is 144 Å². The predicted octanol–water partition coefficient (Wildman–Crippen LogP) is 4.72. The SMILES string of the molecule is CCCCCCCN(Cc1cc2ccccc2n1C)C(=O)CCl. The fraction of sp³-hybridized carbons (Fsp3) is 0.526. The summed E-state index contributed by atoms with van der Waals surface area (Å²) in [5.41, 5.74) is 2.35. The molecule has 0 fully saturated rings. The fourth-order valence-electron chi connectivity index (χ4n) is 2.98. The van der Waals surface area contributed by atoms with Crippen LogP contribution in [0.15, 0.2) is 30.3 Å². The first kappa shape index (κ1) is 17.9. The van der Waals surface area contributed by atoms with Crippen molar-refractivity contribution in [3.63, 3.8) is 0 Å². The number of carbonyl (C=O) groups is 1. The Hall–Kier alpha value is -1.48. The second kappa shape index (κ2) is 8.97. The van der Waals surface area contributed by atoms with Crippen LogP contribution < -0.4 is 0 Å². The van der Waals surface area contributed by atoms with E-state index in [0.717, 1.165) is 18.7 Å². The molecule has 0 spiro atoms. The minimum Gasteiger partial charge on any atom is -0.346 e. The van der Waals surface area contributed by atoms with Crippen LogP contribution in [0.3, 0.4) is 0 Å². The second-order valence-corrected chi connectivity index (χ2v) is 6.38. The highest BCUT2D eigenvalue weighted by Crippen LogP contribution is 2.20. The Kier molecular flexibility index (Phi) is 6.97. The van der Waals surface area contributed by atoms with Gasteiger partial charge in [-0.1, -0.05) is 50.8 Å². The molecule has 0 saturated carbocycles. The standard InChI is InChI=1S/C19H27ClN2O/c1-3-4-5-6-9-12-22(19(23)14-20)15-17-13-16-10-7-8-11-18(16)21(17)2/h7-8,10-11,13H,3-6,9,12,14-15H2,1-2H3. The van der Waals surface area contributed by atoms with Gasteiger partial charge in [-0.3, -0.25) is 4.79 Å². The molecule has 0 aliphatic heterocycles. The average Bonchev–Trinajstić information content (AvgIpc) is 2.89. The molecule has 3 nitrogen and oxygen atoms in total. The number of rotatable bonds is 9. The Morgan fingerprint density at radius 3 is 2.61 bits per heavy atom. The van der Waals surface area contributed by atoms with Gasteiger partial charge < -0.3 is 9.47 Å². The van der Waals surface area contributed by atoms with Crippen molar-refractivity contribution in [2.75, 3.05) is 12.4 Å². The number of unbranched alkanes of at least 4 members (excludes halogenated alkanes) is 4. The lowest BCUT2D eigenvalue weighted by Crippen LogP contribution is -2.33. The van der Waals surface area contributed by atoms with Gasteiger partial charge in [0.15, 0.2) is 0 Å². The second-order valence-electron chi connectivity index (χ2n) is 6.12. The number of para-hydroxylation sites is 1. The zero-order valence-electron chi connectivity index (χ0n) is 14.2. The Morgan fingerprint density at radius 1 is 1.17 bits per heavy atom. The van der Waals surface area contributed by atoms with E-state index >= 15 is 0 Å². The van der Waals surface area contributed by atoms with Crippen LogP contribution in [0.25, 0.3) is 10.9 Å². The van der Waals surface area contributed by atoms with Gasteiger partial charge in [0.05, 0.1) is 6.54 Å². The zero-order chi connectivity index (χ0) is 16.7. The first-order valence-corrected chi connectivity index (χ1v) is 9.08. The number of hydrogen-bond donors (Lipinski definition) is 0. The number of alkyl halides is 1. The maximum absolute atomic E-state index is 12.1. The summed E-state index contributed by atoms with van der Waals surface area (Å²) in [5.74, 6) is 0.0752. The lowest BCUT2D eigenvalue weighted by molar-refractivity contribution is -0.129. The molecule has 2 aromatic rings. The molecule has 126 valence electrons. The summed E-state index contributed by atoms with van der Waals surface area (Å²) in [6.45, 7) is 3.63. The number of fused-ring (bicyclic) bond motifs is 1. The highest BCUT2D eigenvalue weighted by molar-refractivity contribution is 6.27. The van der Waals surface area contributed by atoms with Crippen molar-refractivity contribution in [1.82, 2.24) is 9.47 Å². The third-order valence-corrected chi connectivity index (χ3v) is 4.63. The molecule has 0 atom stereocenters. The molecule has 1 aromatic heterocycles. The lowest BCUT2D eigenvalue weighted by atomic mass is 10.1. The van der Waals surface area contributed by atoms with Crippen LogP contribution in [0.5, 0.6) is 0 Å². The summed E-state index contributed by atoms with van der Waals surface area (Å²) < 4.78 is 2.17. The number of aromatic nitrogens is 1. The van der Waals surface area contributed by atoms with Crippen LogP contribution in [-0.4, -0.2) is 27.8 Å². The first-order chi connectivity index (χ1) is 11.2. The highest BCUT2D eigenvalue weighted by atomic mass is 35.5. The van der Waals surface area contributed by atoms with Crippen LogP contribution in [0.2, 0.25) is 0 Å². The van der Waals surface area contributed by atoms with Crippen molar-refractivity contribution >= 4 is 28.4 Å². The summed E-state index contributed by atoms with van der Waals surface area (Å²) >= 11 is 5.80. The van der Waals surface area contributed by atoms with Crippen molar-refractivity contribution < 1.29 is 4.79 Å². The highest BCUT2D eigenvalue weighted by Gasteiger charge is 2.15. The lowest BCUT2D eigenvalue weighted by Gasteiger charge is -2.22. The van der Waals surface area contributed by atoms with Gasteiger partial charge in [-0.05, 0) is 23.9 Å². The number of amides is 1. The third-order valence-electron chi connectivity index (χ3n) is 4.40. The van der Waals surface area contributed by atoms with E-state index in [4.69, 9.17) is 11.6 Å². The van der Waals surface area contributed by atoms with Gasteiger partial charge in [-0.15, -0.1) is 11.6 Å². The monoisotopic (exact) mass is 334 g/mol. The van der Waals surface area contributed by atoms with E-state index < -0.39 is 0 Å². The fourth-order valence-corrected chi connectivity index (χ4v) is 3.15. The molecule has 0 radical (unpaired) electrons. The van der Waals surface area contributed by atoms with Crippen molar-refractivity contribution in [2.24, 2.45) is 7.05 Å². The van der Waals surface area contributed by atoms with E-state index in [-0.39, 0.29) is 11.8 Å². The van der Waals surface area contributed by atoms with Crippen molar-refractivity contribution in [2.45, 2.75) is 45.6 Å². The van der Waals surface area contributed by atoms with Crippen LogP contribution in [0, 0.1) is 0 Å². The van der Waals surface area contributed by atoms with Crippen molar-refractivity contribution in [1.29, 1.82) is 0 Å². The normalized spacial score (nSPS) is 11.1. The third kappa shape index (κ3) is 4.74. The number of benzene rings is 1. The van der Waals surface area contributed by atoms with E-state index in [2.05, 4.69) is 36.7 Å². The Balaban J connectivity index is 2.04. The summed E-state index contributed by atoms with van der Waals surface area (Å²) in [7, 11) is 2.06. The molecular formula is C19H27ClN2O. The van der Waals surface area contributed by atoms with Crippen LogP contribution in [0.1, 0.15) is 44.7 Å². The summed E-state index contributed by atoms with van der Waals surface area (Å²) in [6, 6.07) is 10.5. The Morgan fingerprint density at radius 2 is 1.91 bits per heavy atom. The molecule has 0 bridgehead atoms. The van der Waals surface area contributed by atoms with Gasteiger partial charge in [-0.2, -0.15) is 0 Å². The topological polar surface area (TPSA) is 25.2 Å². The summed E-state index contributed by atoms with van der Waals surface area (Å²) in [6.07, 6.45) is 5.97. The van der Waals surface area contributed by atoms with E-state index in [0.29, 0.717) is 6.54 Å². The molecule has 1 aromatic carbocycles. The number of carbonyl (C=O) groups excluding carboxylic acids is 1. The van der Waals surface area contributed by atoms with Crippen LogP contribution in [-0.2, 0) is 18.4 Å². The molecule has 0 aliphatic carbocycles. The number of hydrogen-bond acceptors (Lipinski definition) is 1. The van der Waals surface area contributed by atoms with Crippen molar-refractivity contribution in [3.05, 3.63) is 36.0 Å². The maximum Gasteiger partial charge on any atom is 0.237 e. The van der Waals surface area contributed by atoms with Gasteiger partial charge >= 0.3 is 0 Å². The Bertz CT molecular complexity index is 635. The van der Waals surface area contributed by atoms with E-state index in [1.807, 2.05) is 17.0 Å². The quantitative estimate of drug-likeness (QED) is 0.481. The number of aryl methyl sites for hydroxylation is 1. The molecule has 0 saturated heterocycles. The van der Waals surface area contributed by atoms with Gasteiger partial charge in [0.1, 0.15) is 5.88 Å². The predicted molar refractivity (Wildman–Crippen MR) is 97.8 cm³/mol. The number of nitrogens with zero attached hydrogens (tertiary/aromatic N) is 2. The van der Waals surface area contributed by atoms with Gasteiger partial charge in [-0.25, -0.2) is 0 Å². The van der Waals surface area contributed by atoms with E-state index in [1.54, 1.807) is 0 Å². The maximum atomic E-state index is 12.1.